The lowest BCUT2D eigenvalue weighted by Crippen LogP contribution is -2.46. The van der Waals surface area contributed by atoms with Gasteiger partial charge in [-0.05, 0) is 44.9 Å². The van der Waals surface area contributed by atoms with Crippen LogP contribution in [-0.4, -0.2) is 41.9 Å². The van der Waals surface area contributed by atoms with Crippen LogP contribution in [0.15, 0.2) is 36.5 Å². The van der Waals surface area contributed by atoms with E-state index in [0.717, 1.165) is 38.5 Å². The topological polar surface area (TPSA) is 104 Å². The summed E-state index contributed by atoms with van der Waals surface area (Å²) in [7, 11) is -4.35. The molecule has 270 valence electrons. The van der Waals surface area contributed by atoms with Crippen LogP contribution in [-0.2, 0) is 14.9 Å². The Kier molecular flexibility index (Phi) is 32.4. The van der Waals surface area contributed by atoms with Crippen molar-refractivity contribution in [1.29, 1.82) is 0 Å². The smallest absolute Gasteiger partial charge is 0.267 e. The van der Waals surface area contributed by atoms with Crippen LogP contribution in [0.1, 0.15) is 187 Å². The van der Waals surface area contributed by atoms with Crippen LogP contribution >= 0.6 is 0 Å². The molecule has 0 aliphatic carbocycles. The zero-order valence-electron chi connectivity index (χ0n) is 29.9. The van der Waals surface area contributed by atoms with Crippen LogP contribution in [0.3, 0.4) is 0 Å². The second-order valence-electron chi connectivity index (χ2n) is 13.2. The number of allylic oxidation sites excluding steroid dienone is 5. The molecule has 0 aliphatic heterocycles. The van der Waals surface area contributed by atoms with Gasteiger partial charge in [0.15, 0.2) is 0 Å². The number of nitrogens with one attached hydrogen (secondary N) is 1. The van der Waals surface area contributed by atoms with Gasteiger partial charge in [-0.3, -0.25) is 9.35 Å². The SMILES string of the molecule is CCCCCCCC/C=C/CC/C=C/CC/C=C/C(O)C(CS(=O)(=O)O)NC(=O)CCCCCCCCCCCCCCCCC. The molecule has 2 unspecified atom stereocenters. The lowest BCUT2D eigenvalue weighted by atomic mass is 10.0. The zero-order chi connectivity index (χ0) is 34.0. The van der Waals surface area contributed by atoms with Gasteiger partial charge < -0.3 is 10.4 Å². The highest BCUT2D eigenvalue weighted by molar-refractivity contribution is 7.85. The molecule has 0 aromatic heterocycles. The van der Waals surface area contributed by atoms with E-state index in [4.69, 9.17) is 0 Å². The van der Waals surface area contributed by atoms with E-state index in [2.05, 4.69) is 43.5 Å². The number of rotatable bonds is 34. The van der Waals surface area contributed by atoms with Gasteiger partial charge in [0.1, 0.15) is 0 Å². The van der Waals surface area contributed by atoms with Crippen molar-refractivity contribution in [3.05, 3.63) is 36.5 Å². The van der Waals surface area contributed by atoms with Crippen molar-refractivity contribution in [1.82, 2.24) is 5.32 Å². The van der Waals surface area contributed by atoms with Crippen LogP contribution in [0.4, 0.5) is 0 Å². The van der Waals surface area contributed by atoms with Crippen molar-refractivity contribution in [3.63, 3.8) is 0 Å². The fraction of sp³-hybridized carbons (Fsp3) is 0.821. The minimum Gasteiger partial charge on any atom is -0.387 e. The Labute approximate surface area is 285 Å². The Bertz CT molecular complexity index is 868. The van der Waals surface area contributed by atoms with E-state index >= 15 is 0 Å². The quantitative estimate of drug-likeness (QED) is 0.0360. The third kappa shape index (κ3) is 33.9. The standard InChI is InChI=1S/C39H73NO5S/c1-3-5-7-9-11-13-15-17-19-21-22-24-26-28-30-32-34-38(41)37(36-46(43,44)45)40-39(42)35-33-31-29-27-25-23-20-18-16-14-12-10-8-6-4-2/h17,19,24,26,32,34,37-38,41H,3-16,18,20-23,25,27-31,33,35-36H2,1-2H3,(H,40,42)(H,43,44,45)/b19-17+,26-24+,34-32+. The number of hydrogen-bond donors (Lipinski definition) is 3. The normalized spacial score (nSPS) is 13.7. The summed E-state index contributed by atoms with van der Waals surface area (Å²) in [5.41, 5.74) is 0. The van der Waals surface area contributed by atoms with Gasteiger partial charge in [-0.1, -0.05) is 172 Å². The number of carbonyl (C=O) groups excluding carboxylic acids is 1. The van der Waals surface area contributed by atoms with Gasteiger partial charge in [0.05, 0.1) is 17.9 Å². The Morgan fingerprint density at radius 3 is 1.37 bits per heavy atom. The van der Waals surface area contributed by atoms with Gasteiger partial charge in [0.2, 0.25) is 5.91 Å². The molecule has 0 fully saturated rings. The molecule has 1 amide bonds. The molecule has 0 aliphatic rings. The summed E-state index contributed by atoms with van der Waals surface area (Å²) in [5, 5.41) is 13.2. The third-order valence-electron chi connectivity index (χ3n) is 8.55. The van der Waals surface area contributed by atoms with E-state index < -0.39 is 28.0 Å². The molecule has 0 saturated carbocycles. The number of aliphatic hydroxyl groups excluding tert-OH is 1. The Hall–Kier alpha value is -1.44. The third-order valence-corrected chi connectivity index (χ3v) is 9.33. The summed E-state index contributed by atoms with van der Waals surface area (Å²) in [5.74, 6) is -1.00. The van der Waals surface area contributed by atoms with E-state index in [0.29, 0.717) is 6.42 Å². The van der Waals surface area contributed by atoms with E-state index in [-0.39, 0.29) is 12.3 Å². The maximum atomic E-state index is 12.5. The molecule has 0 rings (SSSR count). The van der Waals surface area contributed by atoms with Crippen LogP contribution in [0.25, 0.3) is 0 Å². The van der Waals surface area contributed by atoms with E-state index in [9.17, 15) is 22.9 Å². The Balaban J connectivity index is 4.03. The molecular formula is C39H73NO5S. The monoisotopic (exact) mass is 668 g/mol. The molecule has 6 nitrogen and oxygen atoms in total. The Morgan fingerprint density at radius 1 is 0.565 bits per heavy atom. The molecule has 2 atom stereocenters. The van der Waals surface area contributed by atoms with Crippen molar-refractivity contribution >= 4 is 16.0 Å². The maximum absolute atomic E-state index is 12.5. The second kappa shape index (κ2) is 33.5. The Morgan fingerprint density at radius 2 is 0.935 bits per heavy atom. The predicted octanol–water partition coefficient (Wildman–Crippen LogP) is 11.0. The van der Waals surface area contributed by atoms with Crippen molar-refractivity contribution in [2.75, 3.05) is 5.75 Å². The number of amides is 1. The van der Waals surface area contributed by atoms with Gasteiger partial charge in [-0.2, -0.15) is 8.42 Å². The van der Waals surface area contributed by atoms with Gasteiger partial charge in [0, 0.05) is 6.42 Å². The summed E-state index contributed by atoms with van der Waals surface area (Å²) in [6, 6.07) is -1.08. The first kappa shape index (κ1) is 44.6. The van der Waals surface area contributed by atoms with E-state index in [1.54, 1.807) is 6.08 Å². The highest BCUT2D eigenvalue weighted by Crippen LogP contribution is 2.14. The highest BCUT2D eigenvalue weighted by Gasteiger charge is 2.24. The molecule has 46 heavy (non-hydrogen) atoms. The van der Waals surface area contributed by atoms with Crippen LogP contribution in [0, 0.1) is 0 Å². The summed E-state index contributed by atoms with van der Waals surface area (Å²) in [6.45, 7) is 4.50. The lowest BCUT2D eigenvalue weighted by Gasteiger charge is -2.21. The van der Waals surface area contributed by atoms with Crippen LogP contribution in [0.5, 0.6) is 0 Å². The van der Waals surface area contributed by atoms with Crippen molar-refractivity contribution in [3.8, 4) is 0 Å². The van der Waals surface area contributed by atoms with E-state index in [1.807, 2.05) is 0 Å². The van der Waals surface area contributed by atoms with Crippen molar-refractivity contribution in [2.24, 2.45) is 0 Å². The van der Waals surface area contributed by atoms with E-state index in [1.165, 1.54) is 128 Å². The zero-order valence-corrected chi connectivity index (χ0v) is 30.8. The van der Waals surface area contributed by atoms with Gasteiger partial charge in [-0.15, -0.1) is 0 Å². The number of carbonyl (C=O) groups is 1. The molecule has 0 aromatic rings. The second-order valence-corrected chi connectivity index (χ2v) is 14.7. The minimum atomic E-state index is -4.35. The number of aliphatic hydroxyl groups is 1. The average molecular weight is 668 g/mol. The molecule has 0 heterocycles. The van der Waals surface area contributed by atoms with Crippen LogP contribution in [0.2, 0.25) is 0 Å². The molecular weight excluding hydrogens is 594 g/mol. The average Bonchev–Trinajstić information content (AvgIpc) is 3.01. The first-order chi connectivity index (χ1) is 22.3. The lowest BCUT2D eigenvalue weighted by molar-refractivity contribution is -0.122. The summed E-state index contributed by atoms with van der Waals surface area (Å²) in [6.07, 6.45) is 42.7. The molecule has 3 N–H and O–H groups in total. The molecule has 0 bridgehead atoms. The largest absolute Gasteiger partial charge is 0.387 e. The molecule has 0 saturated heterocycles. The highest BCUT2D eigenvalue weighted by atomic mass is 32.2. The molecule has 0 spiro atoms. The summed E-state index contributed by atoms with van der Waals surface area (Å²) in [4.78, 5) is 12.5. The number of unbranched alkanes of at least 4 members (excludes halogenated alkanes) is 22. The minimum absolute atomic E-state index is 0.287. The van der Waals surface area contributed by atoms with Crippen LogP contribution < -0.4 is 5.32 Å². The van der Waals surface area contributed by atoms with Gasteiger partial charge in [0.25, 0.3) is 10.1 Å². The molecule has 0 radical (unpaired) electrons. The summed E-state index contributed by atoms with van der Waals surface area (Å²) >= 11 is 0. The van der Waals surface area contributed by atoms with Gasteiger partial charge >= 0.3 is 0 Å². The molecule has 7 heteroatoms. The summed E-state index contributed by atoms with van der Waals surface area (Å²) < 4.78 is 32.4. The first-order valence-corrected chi connectivity index (χ1v) is 20.8. The fourth-order valence-corrected chi connectivity index (χ4v) is 6.39. The van der Waals surface area contributed by atoms with Gasteiger partial charge in [-0.25, -0.2) is 0 Å². The first-order valence-electron chi connectivity index (χ1n) is 19.2. The van der Waals surface area contributed by atoms with Crippen molar-refractivity contribution < 1.29 is 22.9 Å². The maximum Gasteiger partial charge on any atom is 0.267 e. The molecule has 0 aromatic carbocycles. The van der Waals surface area contributed by atoms with Crippen molar-refractivity contribution in [2.45, 2.75) is 199 Å². The predicted molar refractivity (Wildman–Crippen MR) is 198 cm³/mol. The number of hydrogen-bond acceptors (Lipinski definition) is 4. The fourth-order valence-electron chi connectivity index (χ4n) is 5.66.